The molecule has 1 N–H and O–H groups in total. The standard InChI is InChI=1S/C24H23N5O2/c1-15-14-25-29(21-9-5-7-17-6-3-4-8-20(17)21)22(15)27-23(30)18-10-12-19(13-11-18)24-26-16(2)28-31-24/h3-4,6,8,10-14,21H,5,7,9H2,1-2H3,(H,27,30). The summed E-state index contributed by atoms with van der Waals surface area (Å²) in [5.74, 6) is 1.57. The van der Waals surface area contributed by atoms with E-state index in [-0.39, 0.29) is 11.9 Å². The second-order valence-electron chi connectivity index (χ2n) is 7.91. The van der Waals surface area contributed by atoms with Gasteiger partial charge in [0.2, 0.25) is 0 Å². The van der Waals surface area contributed by atoms with Crippen molar-refractivity contribution < 1.29 is 9.32 Å². The van der Waals surface area contributed by atoms with Crippen molar-refractivity contribution in [2.75, 3.05) is 5.32 Å². The highest BCUT2D eigenvalue weighted by molar-refractivity contribution is 6.04. The van der Waals surface area contributed by atoms with Gasteiger partial charge in [0.05, 0.1) is 12.2 Å². The van der Waals surface area contributed by atoms with E-state index in [4.69, 9.17) is 4.52 Å². The normalized spacial score (nSPS) is 15.5. The molecule has 156 valence electrons. The molecule has 1 unspecified atom stereocenters. The fourth-order valence-corrected chi connectivity index (χ4v) is 4.18. The number of carbonyl (C=O) groups excluding carboxylic acids is 1. The van der Waals surface area contributed by atoms with Crippen LogP contribution in [0, 0.1) is 13.8 Å². The van der Waals surface area contributed by atoms with Crippen LogP contribution in [-0.4, -0.2) is 25.8 Å². The average molecular weight is 413 g/mol. The van der Waals surface area contributed by atoms with Crippen LogP contribution in [0.25, 0.3) is 11.5 Å². The van der Waals surface area contributed by atoms with Crippen LogP contribution in [0.1, 0.15) is 51.8 Å². The van der Waals surface area contributed by atoms with Crippen LogP contribution in [0.15, 0.2) is 59.3 Å². The monoisotopic (exact) mass is 413 g/mol. The number of benzene rings is 2. The van der Waals surface area contributed by atoms with Gasteiger partial charge < -0.3 is 9.84 Å². The number of nitrogens with one attached hydrogen (secondary N) is 1. The SMILES string of the molecule is Cc1noc(-c2ccc(C(=O)Nc3c(C)cnn3C3CCCc4ccccc43)cc2)n1. The Morgan fingerprint density at radius 1 is 1.13 bits per heavy atom. The van der Waals surface area contributed by atoms with Crippen LogP contribution < -0.4 is 5.32 Å². The van der Waals surface area contributed by atoms with E-state index < -0.39 is 0 Å². The third kappa shape index (κ3) is 3.63. The van der Waals surface area contributed by atoms with Crippen molar-refractivity contribution in [2.24, 2.45) is 0 Å². The lowest BCUT2D eigenvalue weighted by Crippen LogP contribution is -2.22. The molecule has 7 nitrogen and oxygen atoms in total. The highest BCUT2D eigenvalue weighted by atomic mass is 16.5. The quantitative estimate of drug-likeness (QED) is 0.523. The molecule has 4 aromatic rings. The van der Waals surface area contributed by atoms with Gasteiger partial charge in [-0.2, -0.15) is 10.1 Å². The summed E-state index contributed by atoms with van der Waals surface area (Å²) in [6.07, 6.45) is 5.00. The first-order valence-corrected chi connectivity index (χ1v) is 10.4. The number of aromatic nitrogens is 4. The molecule has 0 saturated heterocycles. The molecule has 0 radical (unpaired) electrons. The van der Waals surface area contributed by atoms with Crippen LogP contribution in [0.5, 0.6) is 0 Å². The molecule has 0 bridgehead atoms. The smallest absolute Gasteiger partial charge is 0.257 e. The lowest BCUT2D eigenvalue weighted by molar-refractivity contribution is 0.102. The van der Waals surface area contributed by atoms with Crippen LogP contribution >= 0.6 is 0 Å². The lowest BCUT2D eigenvalue weighted by atomic mass is 9.88. The number of nitrogens with zero attached hydrogens (tertiary/aromatic N) is 4. The van der Waals surface area contributed by atoms with Crippen molar-refractivity contribution in [3.63, 3.8) is 0 Å². The largest absolute Gasteiger partial charge is 0.334 e. The summed E-state index contributed by atoms with van der Waals surface area (Å²) in [5.41, 5.74) is 4.91. The van der Waals surface area contributed by atoms with Crippen molar-refractivity contribution in [3.05, 3.63) is 82.8 Å². The second kappa shape index (κ2) is 7.83. The molecular weight excluding hydrogens is 390 g/mol. The van der Waals surface area contributed by atoms with E-state index in [1.54, 1.807) is 19.1 Å². The third-order valence-corrected chi connectivity index (χ3v) is 5.76. The molecule has 1 aliphatic rings. The second-order valence-corrected chi connectivity index (χ2v) is 7.91. The highest BCUT2D eigenvalue weighted by Crippen LogP contribution is 2.35. The van der Waals surface area contributed by atoms with Crippen LogP contribution in [0.4, 0.5) is 5.82 Å². The van der Waals surface area contributed by atoms with E-state index in [0.717, 1.165) is 36.2 Å². The van der Waals surface area contributed by atoms with Crippen molar-refractivity contribution in [3.8, 4) is 11.5 Å². The first kappa shape index (κ1) is 19.2. The Bertz CT molecular complexity index is 1240. The molecule has 0 saturated carbocycles. The molecule has 7 heteroatoms. The van der Waals surface area contributed by atoms with Crippen molar-refractivity contribution >= 4 is 11.7 Å². The van der Waals surface area contributed by atoms with Crippen molar-refractivity contribution in [2.45, 2.75) is 39.2 Å². The van der Waals surface area contributed by atoms with Gasteiger partial charge in [-0.1, -0.05) is 29.4 Å². The first-order valence-electron chi connectivity index (χ1n) is 10.4. The van der Waals surface area contributed by atoms with Gasteiger partial charge in [-0.15, -0.1) is 0 Å². The maximum Gasteiger partial charge on any atom is 0.257 e. The summed E-state index contributed by atoms with van der Waals surface area (Å²) in [6, 6.07) is 15.8. The van der Waals surface area contributed by atoms with Gasteiger partial charge in [-0.3, -0.25) is 4.79 Å². The number of hydrogen-bond acceptors (Lipinski definition) is 5. The van der Waals surface area contributed by atoms with Crippen LogP contribution in [0.2, 0.25) is 0 Å². The minimum atomic E-state index is -0.179. The van der Waals surface area contributed by atoms with E-state index >= 15 is 0 Å². The van der Waals surface area contributed by atoms with E-state index in [9.17, 15) is 4.79 Å². The first-order chi connectivity index (χ1) is 15.1. The van der Waals surface area contributed by atoms with Gasteiger partial charge in [0, 0.05) is 16.7 Å². The minimum absolute atomic E-state index is 0.122. The molecule has 2 aromatic heterocycles. The average Bonchev–Trinajstić information content (AvgIpc) is 3.39. The predicted octanol–water partition coefficient (Wildman–Crippen LogP) is 4.73. The molecular formula is C24H23N5O2. The minimum Gasteiger partial charge on any atom is -0.334 e. The molecule has 1 atom stereocenters. The molecule has 2 aromatic carbocycles. The molecule has 2 heterocycles. The summed E-state index contributed by atoms with van der Waals surface area (Å²) in [5, 5.41) is 11.5. The number of fused-ring (bicyclic) bond motifs is 1. The maximum absolute atomic E-state index is 13.0. The number of rotatable bonds is 4. The molecule has 5 rings (SSSR count). The fraction of sp³-hybridized carbons (Fsp3) is 0.250. The number of carbonyl (C=O) groups is 1. The number of aryl methyl sites for hydroxylation is 3. The van der Waals surface area contributed by atoms with Crippen molar-refractivity contribution in [1.29, 1.82) is 0 Å². The van der Waals surface area contributed by atoms with Gasteiger partial charge >= 0.3 is 0 Å². The van der Waals surface area contributed by atoms with Crippen LogP contribution in [0.3, 0.4) is 0 Å². The molecule has 0 spiro atoms. The number of amides is 1. The Morgan fingerprint density at radius 3 is 2.71 bits per heavy atom. The van der Waals surface area contributed by atoms with E-state index in [1.165, 1.54) is 11.1 Å². The fourth-order valence-electron chi connectivity index (χ4n) is 4.18. The molecule has 1 amide bonds. The summed E-state index contributed by atoms with van der Waals surface area (Å²) in [4.78, 5) is 17.2. The summed E-state index contributed by atoms with van der Waals surface area (Å²) in [6.45, 7) is 3.74. The maximum atomic E-state index is 13.0. The van der Waals surface area contributed by atoms with Gasteiger partial charge in [-0.05, 0) is 68.5 Å². The molecule has 1 aliphatic carbocycles. The highest BCUT2D eigenvalue weighted by Gasteiger charge is 2.25. The molecule has 0 aliphatic heterocycles. The topological polar surface area (TPSA) is 85.8 Å². The summed E-state index contributed by atoms with van der Waals surface area (Å²) >= 11 is 0. The Labute approximate surface area is 180 Å². The zero-order valence-electron chi connectivity index (χ0n) is 17.5. The Morgan fingerprint density at radius 2 is 1.94 bits per heavy atom. The van der Waals surface area contributed by atoms with Crippen molar-refractivity contribution in [1.82, 2.24) is 19.9 Å². The number of hydrogen-bond donors (Lipinski definition) is 1. The van der Waals surface area contributed by atoms with Gasteiger partial charge in [0.15, 0.2) is 5.82 Å². The van der Waals surface area contributed by atoms with Gasteiger partial charge in [-0.25, -0.2) is 4.68 Å². The van der Waals surface area contributed by atoms with Gasteiger partial charge in [0.25, 0.3) is 11.8 Å². The van der Waals surface area contributed by atoms with E-state index in [2.05, 4.69) is 44.8 Å². The van der Waals surface area contributed by atoms with Gasteiger partial charge in [0.1, 0.15) is 5.82 Å². The lowest BCUT2D eigenvalue weighted by Gasteiger charge is -2.27. The zero-order chi connectivity index (χ0) is 21.4. The zero-order valence-corrected chi connectivity index (χ0v) is 17.5. The summed E-state index contributed by atoms with van der Waals surface area (Å²) < 4.78 is 7.15. The van der Waals surface area contributed by atoms with E-state index in [0.29, 0.717) is 17.3 Å². The Hall–Kier alpha value is -3.74. The third-order valence-electron chi connectivity index (χ3n) is 5.76. The Balaban J connectivity index is 1.40. The number of anilines is 1. The van der Waals surface area contributed by atoms with Crippen LogP contribution in [-0.2, 0) is 6.42 Å². The molecule has 0 fully saturated rings. The molecule has 31 heavy (non-hydrogen) atoms. The van der Waals surface area contributed by atoms with E-state index in [1.807, 2.05) is 29.9 Å². The Kier molecular flexibility index (Phi) is 4.86. The predicted molar refractivity (Wildman–Crippen MR) is 117 cm³/mol. The summed E-state index contributed by atoms with van der Waals surface area (Å²) in [7, 11) is 0.